The first-order valence-corrected chi connectivity index (χ1v) is 9.24. The third-order valence-electron chi connectivity index (χ3n) is 4.82. The summed E-state index contributed by atoms with van der Waals surface area (Å²) in [4.78, 5) is 15.8. The molecule has 0 aliphatic heterocycles. The number of nitrogens with zero attached hydrogens (tertiary/aromatic N) is 1. The van der Waals surface area contributed by atoms with E-state index in [4.69, 9.17) is 0 Å². The van der Waals surface area contributed by atoms with E-state index < -0.39 is 0 Å². The number of hydrogen-bond donors (Lipinski definition) is 0. The molecule has 0 spiro atoms. The van der Waals surface area contributed by atoms with Gasteiger partial charge in [0.2, 0.25) is 0 Å². The van der Waals surface area contributed by atoms with Gasteiger partial charge in [-0.05, 0) is 57.0 Å². The van der Waals surface area contributed by atoms with Crippen molar-refractivity contribution in [2.75, 3.05) is 19.8 Å². The first kappa shape index (κ1) is 16.6. The Labute approximate surface area is 133 Å². The zero-order valence-corrected chi connectivity index (χ0v) is 14.3. The predicted molar refractivity (Wildman–Crippen MR) is 91.2 cm³/mol. The average molecular weight is 305 g/mol. The van der Waals surface area contributed by atoms with Gasteiger partial charge in [-0.25, -0.2) is 0 Å². The molecular weight excluding hydrogens is 278 g/mol. The number of benzene rings is 1. The maximum atomic E-state index is 12.4. The molecule has 1 aliphatic rings. The van der Waals surface area contributed by atoms with Crippen LogP contribution >= 0.6 is 11.8 Å². The van der Waals surface area contributed by atoms with E-state index in [0.29, 0.717) is 12.6 Å². The van der Waals surface area contributed by atoms with Crippen LogP contribution in [-0.4, -0.2) is 36.6 Å². The smallest absolute Gasteiger partial charge is 0.176 e. The van der Waals surface area contributed by atoms with Gasteiger partial charge in [0.15, 0.2) is 5.78 Å². The number of likely N-dealkylation sites (N-methyl/N-ethyl adjacent to an activating group) is 1. The van der Waals surface area contributed by atoms with E-state index in [1.165, 1.54) is 37.0 Å². The summed E-state index contributed by atoms with van der Waals surface area (Å²) in [7, 11) is 2.10. The van der Waals surface area contributed by atoms with Crippen molar-refractivity contribution in [2.45, 2.75) is 50.0 Å². The summed E-state index contributed by atoms with van der Waals surface area (Å²) in [5.41, 5.74) is 0.835. The van der Waals surface area contributed by atoms with Crippen LogP contribution in [0.5, 0.6) is 0 Å². The molecule has 2 rings (SSSR count). The Bertz CT molecular complexity index is 449. The van der Waals surface area contributed by atoms with E-state index in [-0.39, 0.29) is 5.78 Å². The largest absolute Gasteiger partial charge is 0.296 e. The van der Waals surface area contributed by atoms with Gasteiger partial charge in [-0.2, -0.15) is 0 Å². The van der Waals surface area contributed by atoms with Crippen molar-refractivity contribution in [3.8, 4) is 0 Å². The quantitative estimate of drug-likeness (QED) is 0.570. The molecule has 21 heavy (non-hydrogen) atoms. The van der Waals surface area contributed by atoms with Crippen molar-refractivity contribution in [1.29, 1.82) is 0 Å². The Balaban J connectivity index is 1.86. The van der Waals surface area contributed by atoms with E-state index in [9.17, 15) is 4.79 Å². The number of rotatable bonds is 6. The lowest BCUT2D eigenvalue weighted by molar-refractivity contribution is 0.0885. The molecule has 0 amide bonds. The Morgan fingerprint density at radius 1 is 1.19 bits per heavy atom. The number of thioether (sulfide) groups is 1. The molecule has 0 N–H and O–H groups in total. The fraction of sp³-hybridized carbons (Fsp3) is 0.611. The number of ketones is 1. The molecule has 116 valence electrons. The first-order chi connectivity index (χ1) is 10.1. The van der Waals surface area contributed by atoms with E-state index in [1.807, 2.05) is 24.3 Å². The lowest BCUT2D eigenvalue weighted by Crippen LogP contribution is -2.38. The Morgan fingerprint density at radius 3 is 2.33 bits per heavy atom. The minimum atomic E-state index is 0.239. The minimum Gasteiger partial charge on any atom is -0.296 e. The van der Waals surface area contributed by atoms with Crippen LogP contribution in [0.25, 0.3) is 0 Å². The van der Waals surface area contributed by atoms with Gasteiger partial charge in [-0.1, -0.05) is 25.5 Å². The van der Waals surface area contributed by atoms with Crippen LogP contribution in [0.2, 0.25) is 0 Å². The number of Topliss-reactive ketones (excluding diaryl/α,β-unsaturated/α-hetero) is 1. The molecule has 0 bridgehead atoms. The van der Waals surface area contributed by atoms with E-state index in [2.05, 4.69) is 25.1 Å². The van der Waals surface area contributed by atoms with Crippen LogP contribution < -0.4 is 0 Å². The van der Waals surface area contributed by atoms with Gasteiger partial charge in [-0.15, -0.1) is 11.8 Å². The monoisotopic (exact) mass is 305 g/mol. The van der Waals surface area contributed by atoms with Crippen molar-refractivity contribution in [3.05, 3.63) is 29.8 Å². The highest BCUT2D eigenvalue weighted by molar-refractivity contribution is 7.98. The molecule has 0 atom stereocenters. The Morgan fingerprint density at radius 2 is 1.81 bits per heavy atom. The van der Waals surface area contributed by atoms with Gasteiger partial charge in [0.25, 0.3) is 0 Å². The zero-order chi connectivity index (χ0) is 15.2. The summed E-state index contributed by atoms with van der Waals surface area (Å²) in [6.45, 7) is 2.83. The number of hydrogen-bond acceptors (Lipinski definition) is 3. The highest BCUT2D eigenvalue weighted by Gasteiger charge is 2.24. The van der Waals surface area contributed by atoms with Crippen LogP contribution in [0.4, 0.5) is 0 Å². The van der Waals surface area contributed by atoms with E-state index in [0.717, 1.165) is 11.5 Å². The summed E-state index contributed by atoms with van der Waals surface area (Å²) in [5.74, 6) is 1.15. The molecule has 1 aromatic rings. The summed E-state index contributed by atoms with van der Waals surface area (Å²) < 4.78 is 0. The van der Waals surface area contributed by atoms with Gasteiger partial charge in [0, 0.05) is 16.5 Å². The lowest BCUT2D eigenvalue weighted by atomic mass is 9.84. The highest BCUT2D eigenvalue weighted by atomic mass is 32.2. The second kappa shape index (κ2) is 8.00. The number of carbonyl (C=O) groups excluding carboxylic acids is 1. The van der Waals surface area contributed by atoms with E-state index in [1.54, 1.807) is 11.8 Å². The molecule has 3 heteroatoms. The number of carbonyl (C=O) groups is 1. The predicted octanol–water partition coefficient (Wildman–Crippen LogP) is 4.49. The second-order valence-electron chi connectivity index (χ2n) is 6.15. The molecule has 0 heterocycles. The van der Waals surface area contributed by atoms with Crippen molar-refractivity contribution >= 4 is 17.5 Å². The highest BCUT2D eigenvalue weighted by Crippen LogP contribution is 2.29. The van der Waals surface area contributed by atoms with Crippen LogP contribution in [-0.2, 0) is 0 Å². The summed E-state index contributed by atoms with van der Waals surface area (Å²) in [6, 6.07) is 8.56. The normalized spacial score (nSPS) is 22.5. The van der Waals surface area contributed by atoms with Crippen LogP contribution in [0.1, 0.15) is 49.4 Å². The molecule has 1 aliphatic carbocycles. The molecule has 1 saturated carbocycles. The molecule has 1 fully saturated rings. The van der Waals surface area contributed by atoms with Crippen molar-refractivity contribution in [3.63, 3.8) is 0 Å². The summed E-state index contributed by atoms with van der Waals surface area (Å²) >= 11 is 1.71. The fourth-order valence-corrected chi connectivity index (χ4v) is 3.63. The van der Waals surface area contributed by atoms with Gasteiger partial charge < -0.3 is 0 Å². The standard InChI is InChI=1S/C18H27NOS/c1-4-14-5-9-16(10-6-14)19(2)13-18(20)15-7-11-17(21-3)12-8-15/h7-8,11-12,14,16H,4-6,9-10,13H2,1-3H3. The van der Waals surface area contributed by atoms with Crippen molar-refractivity contribution < 1.29 is 4.79 Å². The van der Waals surface area contributed by atoms with Crippen molar-refractivity contribution in [2.24, 2.45) is 5.92 Å². The van der Waals surface area contributed by atoms with Gasteiger partial charge in [-0.3, -0.25) is 9.69 Å². The maximum Gasteiger partial charge on any atom is 0.176 e. The third-order valence-corrected chi connectivity index (χ3v) is 5.57. The van der Waals surface area contributed by atoms with Gasteiger partial charge in [0.05, 0.1) is 6.54 Å². The lowest BCUT2D eigenvalue weighted by Gasteiger charge is -2.34. The van der Waals surface area contributed by atoms with Crippen LogP contribution in [0.15, 0.2) is 29.2 Å². The molecule has 0 radical (unpaired) electrons. The van der Waals surface area contributed by atoms with Gasteiger partial charge in [0.1, 0.15) is 0 Å². The molecule has 1 aromatic carbocycles. The third kappa shape index (κ3) is 4.58. The summed E-state index contributed by atoms with van der Waals surface area (Å²) in [5, 5.41) is 0. The maximum absolute atomic E-state index is 12.4. The average Bonchev–Trinajstić information content (AvgIpc) is 2.55. The molecule has 2 nitrogen and oxygen atoms in total. The fourth-order valence-electron chi connectivity index (χ4n) is 3.22. The SMILES string of the molecule is CCC1CCC(N(C)CC(=O)c2ccc(SC)cc2)CC1. The summed E-state index contributed by atoms with van der Waals surface area (Å²) in [6.07, 6.45) is 8.49. The Hall–Kier alpha value is -0.800. The van der Waals surface area contributed by atoms with Crippen molar-refractivity contribution in [1.82, 2.24) is 4.90 Å². The van der Waals surface area contributed by atoms with Gasteiger partial charge >= 0.3 is 0 Å². The first-order valence-electron chi connectivity index (χ1n) is 8.01. The van der Waals surface area contributed by atoms with Crippen LogP contribution in [0, 0.1) is 5.92 Å². The van der Waals surface area contributed by atoms with E-state index >= 15 is 0 Å². The molecule has 0 unspecified atom stereocenters. The zero-order valence-electron chi connectivity index (χ0n) is 13.5. The topological polar surface area (TPSA) is 20.3 Å². The van der Waals surface area contributed by atoms with Crippen LogP contribution in [0.3, 0.4) is 0 Å². The molecular formula is C18H27NOS. The molecule has 0 aromatic heterocycles. The minimum absolute atomic E-state index is 0.239. The molecule has 0 saturated heterocycles. The Kier molecular flexibility index (Phi) is 6.31. The second-order valence-corrected chi connectivity index (χ2v) is 7.03.